The molecule has 0 bridgehead atoms. The maximum absolute atomic E-state index is 14.4. The van der Waals surface area contributed by atoms with Crippen LogP contribution in [0.25, 0.3) is 0 Å². The number of hydrogen-bond donors (Lipinski definition) is 6. The highest BCUT2D eigenvalue weighted by Crippen LogP contribution is 2.48. The van der Waals surface area contributed by atoms with Crippen molar-refractivity contribution in [1.82, 2.24) is 31.1 Å². The van der Waals surface area contributed by atoms with Crippen molar-refractivity contribution in [1.29, 1.82) is 0 Å². The molecular weight excluding hydrogens is 833 g/mol. The Morgan fingerprint density at radius 3 is 1.42 bits per heavy atom. The molecule has 6 N–H and O–H groups in total. The highest BCUT2D eigenvalue weighted by atomic mass is 32.2. The summed E-state index contributed by atoms with van der Waals surface area (Å²) >= 11 is 14.7. The van der Waals surface area contributed by atoms with Gasteiger partial charge in [0.25, 0.3) is 0 Å². The van der Waals surface area contributed by atoms with Crippen LogP contribution < -0.4 is 31.9 Å². The van der Waals surface area contributed by atoms with Gasteiger partial charge in [0.15, 0.2) is 0 Å². The van der Waals surface area contributed by atoms with Crippen LogP contribution in [-0.4, -0.2) is 116 Å². The van der Waals surface area contributed by atoms with Gasteiger partial charge in [-0.3, -0.25) is 19.2 Å². The largest absolute Gasteiger partial charge is 0.367 e. The maximum atomic E-state index is 14.4. The van der Waals surface area contributed by atoms with Gasteiger partial charge in [-0.2, -0.15) is 0 Å². The van der Waals surface area contributed by atoms with E-state index in [1.807, 2.05) is 76.5 Å². The Bertz CT molecular complexity index is 1830. The average molecular weight is 895 g/mol. The van der Waals surface area contributed by atoms with Crippen molar-refractivity contribution in [2.75, 3.05) is 36.2 Å². The summed E-state index contributed by atoms with van der Waals surface area (Å²) in [6, 6.07) is 13.0. The topological polar surface area (TPSA) is 147 Å². The lowest BCUT2D eigenvalue weighted by molar-refractivity contribution is -0.140. The summed E-state index contributed by atoms with van der Waals surface area (Å²) in [5, 5.41) is 19.1. The molecule has 0 aliphatic carbocycles. The molecule has 0 spiro atoms. The zero-order valence-corrected chi connectivity index (χ0v) is 39.3. The van der Waals surface area contributed by atoms with E-state index >= 15 is 0 Å². The summed E-state index contributed by atoms with van der Waals surface area (Å²) in [6.07, 6.45) is 3.85. The summed E-state index contributed by atoms with van der Waals surface area (Å²) in [5.41, 5.74) is 2.36. The van der Waals surface area contributed by atoms with Crippen LogP contribution in [0.4, 0.5) is 11.4 Å². The molecule has 4 aliphatic heterocycles. The lowest BCUT2D eigenvalue weighted by Crippen LogP contribution is -2.56. The first-order valence-electron chi connectivity index (χ1n) is 21.1. The number of nitrogens with zero attached hydrogens (tertiary/aromatic N) is 2. The number of likely N-dealkylation sites (N-methyl/N-ethyl adjacent to an activating group) is 2. The molecule has 326 valence electrons. The van der Waals surface area contributed by atoms with Gasteiger partial charge < -0.3 is 41.7 Å². The second kappa shape index (κ2) is 19.4. The van der Waals surface area contributed by atoms with Gasteiger partial charge >= 0.3 is 0 Å². The number of amides is 4. The van der Waals surface area contributed by atoms with Gasteiger partial charge in [0.05, 0.1) is 32.8 Å². The standard InChI is InChI=1S/C44H62N8O4S4/c1-25(45-7)39(57)49-31-19-21-59-33-23-43(3,4)35(51(33)41(31)55)37(53)47-29-15-11-9-13-27(29)17-18-28-14-10-12-16-30(28)48-38(54)36-44(5,6)24-34-52(36)42(56)32(20-22-60-34)50-40(58)26(2)46-8/h9-16,25-26,31-36,45-46H,17-24H2,1-8H3,(H,47,53)(H,48,54)(H,49,57)(H,50,58)/t25?,26?,31-,32-,33-,34-,35+,36+/m0/s1. The van der Waals surface area contributed by atoms with E-state index in [4.69, 9.17) is 24.4 Å². The minimum atomic E-state index is -0.669. The number of benzene rings is 2. The van der Waals surface area contributed by atoms with Gasteiger partial charge in [0, 0.05) is 11.4 Å². The fourth-order valence-corrected chi connectivity index (χ4v) is 12.6. The predicted molar refractivity (Wildman–Crippen MR) is 253 cm³/mol. The van der Waals surface area contributed by atoms with E-state index in [2.05, 4.69) is 59.6 Å². The second-order valence-corrected chi connectivity index (χ2v) is 21.3. The summed E-state index contributed by atoms with van der Waals surface area (Å²) < 4.78 is 0. The number of rotatable bonds is 13. The molecule has 12 nitrogen and oxygen atoms in total. The fourth-order valence-electron chi connectivity index (χ4n) is 8.95. The number of carbonyl (C=O) groups excluding carboxylic acids is 4. The number of thiocarbonyl (C=S) groups is 2. The van der Waals surface area contributed by atoms with E-state index in [1.165, 1.54) is 0 Å². The molecule has 2 unspecified atom stereocenters. The molecule has 4 aliphatic rings. The molecule has 0 radical (unpaired) electrons. The Morgan fingerprint density at radius 2 is 1.05 bits per heavy atom. The number of para-hydroxylation sites is 2. The van der Waals surface area contributed by atoms with Gasteiger partial charge in [-0.1, -0.05) is 88.5 Å². The minimum absolute atomic E-state index is 0.0851. The van der Waals surface area contributed by atoms with Crippen LogP contribution in [0.3, 0.4) is 0 Å². The molecule has 0 aromatic heterocycles. The van der Waals surface area contributed by atoms with E-state index in [0.29, 0.717) is 59.9 Å². The van der Waals surface area contributed by atoms with Crippen LogP contribution in [0.5, 0.6) is 0 Å². The molecule has 2 aromatic rings. The average Bonchev–Trinajstić information content (AvgIpc) is 3.53. The molecule has 4 amide bonds. The lowest BCUT2D eigenvalue weighted by atomic mass is 9.84. The third-order valence-electron chi connectivity index (χ3n) is 12.6. The highest BCUT2D eigenvalue weighted by Gasteiger charge is 2.56. The van der Waals surface area contributed by atoms with E-state index in [1.54, 1.807) is 33.3 Å². The first kappa shape index (κ1) is 46.2. The summed E-state index contributed by atoms with van der Waals surface area (Å²) in [4.78, 5) is 62.0. The van der Waals surface area contributed by atoms with Crippen LogP contribution in [0, 0.1) is 10.8 Å². The number of anilines is 2. The van der Waals surface area contributed by atoms with Crippen LogP contribution in [0.1, 0.15) is 78.4 Å². The Labute approximate surface area is 375 Å². The monoisotopic (exact) mass is 894 g/mol. The first-order valence-corrected chi connectivity index (χ1v) is 24.0. The predicted octanol–water partition coefficient (Wildman–Crippen LogP) is 5.32. The number of thioether (sulfide) groups is 2. The Morgan fingerprint density at radius 1 is 0.683 bits per heavy atom. The van der Waals surface area contributed by atoms with Crippen LogP contribution in [0.2, 0.25) is 0 Å². The Balaban J connectivity index is 1.16. The molecule has 4 heterocycles. The molecule has 2 aromatic carbocycles. The molecule has 4 fully saturated rings. The SMILES string of the molecule is CNC(C)C(=S)N[C@H]1CCS[C@H]2CC(C)(C)[C@@H](C(=O)Nc3ccccc3CCc3ccccc3NC(=O)[C@H]3N4C(=O)[C@@H](NC(=S)C(C)NC)CCS[C@H]4CC3(C)C)N2C1=O. The number of hydrogen-bond acceptors (Lipinski definition) is 10. The minimum Gasteiger partial charge on any atom is -0.367 e. The quantitative estimate of drug-likeness (QED) is 0.145. The lowest BCUT2D eigenvalue weighted by Gasteiger charge is -2.34. The van der Waals surface area contributed by atoms with Crippen molar-refractivity contribution in [3.63, 3.8) is 0 Å². The Hall–Kier alpha value is -3.28. The molecule has 8 atom stereocenters. The Kier molecular flexibility index (Phi) is 15.0. The number of carbonyl (C=O) groups is 4. The maximum Gasteiger partial charge on any atom is 0.247 e. The van der Waals surface area contributed by atoms with E-state index in [-0.39, 0.29) is 46.5 Å². The first-order chi connectivity index (χ1) is 28.5. The third-order valence-corrected chi connectivity index (χ3v) is 16.0. The van der Waals surface area contributed by atoms with Crippen molar-refractivity contribution in [3.05, 3.63) is 59.7 Å². The van der Waals surface area contributed by atoms with Crippen LogP contribution in [-0.2, 0) is 32.0 Å². The van der Waals surface area contributed by atoms with Crippen molar-refractivity contribution < 1.29 is 19.2 Å². The smallest absolute Gasteiger partial charge is 0.247 e. The van der Waals surface area contributed by atoms with Gasteiger partial charge in [-0.15, -0.1) is 23.5 Å². The summed E-state index contributed by atoms with van der Waals surface area (Å²) in [6.45, 7) is 12.2. The zero-order chi connectivity index (χ0) is 43.5. The third kappa shape index (κ3) is 9.99. The number of aryl methyl sites for hydroxylation is 2. The molecule has 0 saturated carbocycles. The number of nitrogens with one attached hydrogen (secondary N) is 6. The summed E-state index contributed by atoms with van der Waals surface area (Å²) in [7, 11) is 3.67. The van der Waals surface area contributed by atoms with Gasteiger partial charge in [0.2, 0.25) is 23.6 Å². The molecule has 6 rings (SSSR count). The van der Waals surface area contributed by atoms with Crippen molar-refractivity contribution in [2.24, 2.45) is 10.8 Å². The van der Waals surface area contributed by atoms with Gasteiger partial charge in [-0.05, 0) is 112 Å². The van der Waals surface area contributed by atoms with Crippen molar-refractivity contribution >= 4 is 92.9 Å². The van der Waals surface area contributed by atoms with Crippen LogP contribution in [0.15, 0.2) is 48.5 Å². The van der Waals surface area contributed by atoms with Crippen molar-refractivity contribution in [3.8, 4) is 0 Å². The molecule has 60 heavy (non-hydrogen) atoms. The van der Waals surface area contributed by atoms with Crippen LogP contribution >= 0.6 is 48.0 Å². The zero-order valence-electron chi connectivity index (χ0n) is 36.1. The van der Waals surface area contributed by atoms with Crippen molar-refractivity contribution in [2.45, 2.75) is 127 Å². The highest BCUT2D eigenvalue weighted by molar-refractivity contribution is 8.00. The molecular formula is C44H62N8O4S4. The molecule has 16 heteroatoms. The molecule has 4 saturated heterocycles. The second-order valence-electron chi connectivity index (χ2n) is 17.8. The van der Waals surface area contributed by atoms with Gasteiger partial charge in [-0.25, -0.2) is 0 Å². The van der Waals surface area contributed by atoms with E-state index in [9.17, 15) is 19.2 Å². The number of fused-ring (bicyclic) bond motifs is 2. The normalized spacial score (nSPS) is 26.8. The van der Waals surface area contributed by atoms with E-state index < -0.39 is 35.0 Å². The fraction of sp³-hybridized carbons (Fsp3) is 0.591. The van der Waals surface area contributed by atoms with E-state index in [0.717, 1.165) is 22.6 Å². The van der Waals surface area contributed by atoms with Gasteiger partial charge in [0.1, 0.15) is 24.2 Å². The summed E-state index contributed by atoms with van der Waals surface area (Å²) in [5.74, 6) is 0.964.